The second kappa shape index (κ2) is 7.85. The summed E-state index contributed by atoms with van der Waals surface area (Å²) in [6.07, 6.45) is 5.54. The predicted octanol–water partition coefficient (Wildman–Crippen LogP) is 3.18. The van der Waals surface area contributed by atoms with Crippen molar-refractivity contribution in [1.29, 1.82) is 0 Å². The Morgan fingerprint density at radius 1 is 1.38 bits per heavy atom. The van der Waals surface area contributed by atoms with E-state index in [-0.39, 0.29) is 5.91 Å². The molecule has 0 aromatic heterocycles. The van der Waals surface area contributed by atoms with Gasteiger partial charge in [0.2, 0.25) is 0 Å². The number of thioether (sulfide) groups is 1. The maximum Gasteiger partial charge on any atom is 0.254 e. The first kappa shape index (κ1) is 16.4. The fourth-order valence-corrected chi connectivity index (χ4v) is 3.34. The lowest BCUT2D eigenvalue weighted by atomic mass is 9.93. The first-order valence-electron chi connectivity index (χ1n) is 7.74. The van der Waals surface area contributed by atoms with Crippen molar-refractivity contribution >= 4 is 17.7 Å². The highest BCUT2D eigenvalue weighted by atomic mass is 32.2. The van der Waals surface area contributed by atoms with Crippen molar-refractivity contribution in [2.75, 3.05) is 32.9 Å². The van der Waals surface area contributed by atoms with E-state index in [0.717, 1.165) is 54.4 Å². The Morgan fingerprint density at radius 3 is 2.71 bits per heavy atom. The lowest BCUT2D eigenvalue weighted by Gasteiger charge is -2.32. The molecule has 1 aliphatic heterocycles. The van der Waals surface area contributed by atoms with E-state index >= 15 is 0 Å². The summed E-state index contributed by atoms with van der Waals surface area (Å²) in [4.78, 5) is 15.9. The number of aryl methyl sites for hydroxylation is 1. The molecule has 1 aromatic rings. The molecule has 21 heavy (non-hydrogen) atoms. The number of benzene rings is 1. The van der Waals surface area contributed by atoms with Crippen LogP contribution in [0.15, 0.2) is 23.1 Å². The molecule has 1 aliphatic rings. The number of hydrogen-bond donors (Lipinski definition) is 1. The minimum Gasteiger partial charge on any atom is -0.339 e. The highest BCUT2D eigenvalue weighted by molar-refractivity contribution is 7.98. The number of nitrogens with one attached hydrogen (secondary N) is 1. The van der Waals surface area contributed by atoms with Gasteiger partial charge >= 0.3 is 0 Å². The van der Waals surface area contributed by atoms with E-state index in [9.17, 15) is 4.79 Å². The van der Waals surface area contributed by atoms with Crippen molar-refractivity contribution in [3.63, 3.8) is 0 Å². The molecule has 4 heteroatoms. The Hall–Kier alpha value is -1.00. The van der Waals surface area contributed by atoms with Crippen LogP contribution in [0, 0.1) is 12.8 Å². The second-order valence-electron chi connectivity index (χ2n) is 5.81. The zero-order valence-corrected chi connectivity index (χ0v) is 14.1. The number of likely N-dealkylation sites (tertiary alicyclic amines) is 1. The smallest absolute Gasteiger partial charge is 0.254 e. The molecule has 1 heterocycles. The van der Waals surface area contributed by atoms with Crippen molar-refractivity contribution in [3.8, 4) is 0 Å². The number of carbonyl (C=O) groups excluding carboxylic acids is 1. The molecule has 1 amide bonds. The number of carbonyl (C=O) groups is 1. The van der Waals surface area contributed by atoms with Crippen LogP contribution in [0.5, 0.6) is 0 Å². The van der Waals surface area contributed by atoms with E-state index in [0.29, 0.717) is 0 Å². The van der Waals surface area contributed by atoms with Gasteiger partial charge in [0.1, 0.15) is 0 Å². The zero-order chi connectivity index (χ0) is 15.2. The van der Waals surface area contributed by atoms with E-state index in [2.05, 4.69) is 17.4 Å². The number of rotatable bonds is 5. The maximum absolute atomic E-state index is 12.7. The van der Waals surface area contributed by atoms with Gasteiger partial charge in [0, 0.05) is 23.5 Å². The van der Waals surface area contributed by atoms with Crippen LogP contribution in [-0.2, 0) is 0 Å². The molecular weight excluding hydrogens is 280 g/mol. The largest absolute Gasteiger partial charge is 0.339 e. The third-order valence-electron chi connectivity index (χ3n) is 4.38. The highest BCUT2D eigenvalue weighted by Gasteiger charge is 2.24. The third kappa shape index (κ3) is 4.24. The van der Waals surface area contributed by atoms with Gasteiger partial charge in [0.25, 0.3) is 5.91 Å². The Bertz CT molecular complexity index is 482. The number of nitrogens with zero attached hydrogens (tertiary/aromatic N) is 1. The average molecular weight is 306 g/mol. The van der Waals surface area contributed by atoms with E-state index in [1.54, 1.807) is 11.8 Å². The molecule has 1 fully saturated rings. The van der Waals surface area contributed by atoms with E-state index in [1.807, 2.05) is 31.2 Å². The van der Waals surface area contributed by atoms with Crippen molar-refractivity contribution in [1.82, 2.24) is 10.2 Å². The summed E-state index contributed by atoms with van der Waals surface area (Å²) in [6, 6.07) is 6.18. The van der Waals surface area contributed by atoms with E-state index < -0.39 is 0 Å². The molecule has 0 saturated carbocycles. The van der Waals surface area contributed by atoms with Crippen molar-refractivity contribution in [2.24, 2.45) is 5.92 Å². The Labute approximate surface area is 132 Å². The summed E-state index contributed by atoms with van der Waals surface area (Å²) in [6.45, 7) is 4.90. The molecule has 2 rings (SSSR count). The quantitative estimate of drug-likeness (QED) is 0.848. The predicted molar refractivity (Wildman–Crippen MR) is 90.1 cm³/mol. The van der Waals surface area contributed by atoms with Gasteiger partial charge in [-0.1, -0.05) is 6.07 Å². The number of piperidine rings is 1. The third-order valence-corrected chi connectivity index (χ3v) is 5.10. The second-order valence-corrected chi connectivity index (χ2v) is 6.69. The van der Waals surface area contributed by atoms with Crippen molar-refractivity contribution in [2.45, 2.75) is 31.1 Å². The maximum atomic E-state index is 12.7. The molecule has 1 N–H and O–H groups in total. The summed E-state index contributed by atoms with van der Waals surface area (Å²) >= 11 is 1.69. The van der Waals surface area contributed by atoms with Gasteiger partial charge in [-0.3, -0.25) is 4.79 Å². The molecule has 116 valence electrons. The molecule has 0 unspecified atom stereocenters. The molecule has 0 bridgehead atoms. The van der Waals surface area contributed by atoms with Crippen molar-refractivity contribution < 1.29 is 4.79 Å². The lowest BCUT2D eigenvalue weighted by Crippen LogP contribution is -2.39. The SMILES string of the molecule is CNCCC1CCN(C(=O)c2cc(SC)ccc2C)CC1. The van der Waals surface area contributed by atoms with Gasteiger partial charge in [-0.2, -0.15) is 0 Å². The van der Waals surface area contributed by atoms with Gasteiger partial charge in [-0.25, -0.2) is 0 Å². The summed E-state index contributed by atoms with van der Waals surface area (Å²) in [5.41, 5.74) is 1.95. The molecule has 1 aromatic carbocycles. The fraction of sp³-hybridized carbons (Fsp3) is 0.588. The Morgan fingerprint density at radius 2 is 2.10 bits per heavy atom. The molecule has 0 radical (unpaired) electrons. The standard InChI is InChI=1S/C17H26N2OS/c1-13-4-5-15(21-3)12-16(13)17(20)19-10-7-14(8-11-19)6-9-18-2/h4-5,12,14,18H,6-11H2,1-3H3. The van der Waals surface area contributed by atoms with Gasteiger partial charge in [0.05, 0.1) is 0 Å². The van der Waals surface area contributed by atoms with Gasteiger partial charge in [-0.05, 0) is 69.6 Å². The van der Waals surface area contributed by atoms with Crippen molar-refractivity contribution in [3.05, 3.63) is 29.3 Å². The molecule has 0 atom stereocenters. The summed E-state index contributed by atoms with van der Waals surface area (Å²) in [5.74, 6) is 0.968. The minimum atomic E-state index is 0.204. The summed E-state index contributed by atoms with van der Waals surface area (Å²) in [5, 5.41) is 3.21. The first-order chi connectivity index (χ1) is 10.2. The highest BCUT2D eigenvalue weighted by Crippen LogP contribution is 2.24. The van der Waals surface area contributed by atoms with Crippen LogP contribution < -0.4 is 5.32 Å². The van der Waals surface area contributed by atoms with Crippen LogP contribution >= 0.6 is 11.8 Å². The number of hydrogen-bond acceptors (Lipinski definition) is 3. The average Bonchev–Trinajstić information content (AvgIpc) is 2.53. The lowest BCUT2D eigenvalue weighted by molar-refractivity contribution is 0.0686. The van der Waals surface area contributed by atoms with E-state index in [1.165, 1.54) is 6.42 Å². The molecule has 0 aliphatic carbocycles. The Balaban J connectivity index is 1.98. The molecule has 1 saturated heterocycles. The van der Waals surface area contributed by atoms with Gasteiger partial charge < -0.3 is 10.2 Å². The van der Waals surface area contributed by atoms with Crippen LogP contribution in [0.25, 0.3) is 0 Å². The zero-order valence-electron chi connectivity index (χ0n) is 13.3. The number of amides is 1. The monoisotopic (exact) mass is 306 g/mol. The minimum absolute atomic E-state index is 0.204. The normalized spacial score (nSPS) is 16.2. The molecular formula is C17H26N2OS. The first-order valence-corrected chi connectivity index (χ1v) is 8.96. The molecule has 3 nitrogen and oxygen atoms in total. The van der Waals surface area contributed by atoms with Crippen LogP contribution in [-0.4, -0.2) is 43.7 Å². The van der Waals surface area contributed by atoms with Crippen LogP contribution in [0.3, 0.4) is 0 Å². The fourth-order valence-electron chi connectivity index (χ4n) is 2.90. The Kier molecular flexibility index (Phi) is 6.12. The van der Waals surface area contributed by atoms with E-state index in [4.69, 9.17) is 0 Å². The summed E-state index contributed by atoms with van der Waals surface area (Å²) < 4.78 is 0. The van der Waals surface area contributed by atoms with Crippen LogP contribution in [0.4, 0.5) is 0 Å². The van der Waals surface area contributed by atoms with Crippen LogP contribution in [0.2, 0.25) is 0 Å². The van der Waals surface area contributed by atoms with Crippen LogP contribution in [0.1, 0.15) is 35.2 Å². The topological polar surface area (TPSA) is 32.3 Å². The van der Waals surface area contributed by atoms with Gasteiger partial charge in [-0.15, -0.1) is 11.8 Å². The molecule has 0 spiro atoms. The van der Waals surface area contributed by atoms with Gasteiger partial charge in [0.15, 0.2) is 0 Å². The summed E-state index contributed by atoms with van der Waals surface area (Å²) in [7, 11) is 2.00.